The van der Waals surface area contributed by atoms with E-state index in [1.54, 1.807) is 24.7 Å². The predicted octanol–water partition coefficient (Wildman–Crippen LogP) is 2.68. The van der Waals surface area contributed by atoms with Crippen molar-refractivity contribution in [1.29, 1.82) is 0 Å². The van der Waals surface area contributed by atoms with Gasteiger partial charge in [-0.25, -0.2) is 29.3 Å². The monoisotopic (exact) mass is 450 g/mol. The third kappa shape index (κ3) is 5.21. The molecule has 9 nitrogen and oxygen atoms in total. The summed E-state index contributed by atoms with van der Waals surface area (Å²) < 4.78 is 14.5. The second-order valence-corrected chi connectivity index (χ2v) is 8.13. The molecule has 1 atom stereocenters. The lowest BCUT2D eigenvalue weighted by Gasteiger charge is -2.36. The van der Waals surface area contributed by atoms with Crippen molar-refractivity contribution in [3.8, 4) is 11.6 Å². The van der Waals surface area contributed by atoms with Gasteiger partial charge in [-0.15, -0.1) is 0 Å². The molecule has 172 valence electrons. The third-order valence-electron chi connectivity index (χ3n) is 5.79. The molecule has 2 N–H and O–H groups in total. The van der Waals surface area contributed by atoms with Crippen LogP contribution >= 0.6 is 0 Å². The predicted molar refractivity (Wildman–Crippen MR) is 123 cm³/mol. The number of hydrogen-bond donors (Lipinski definition) is 1. The molecule has 1 aliphatic heterocycles. The second-order valence-electron chi connectivity index (χ2n) is 8.13. The van der Waals surface area contributed by atoms with Crippen molar-refractivity contribution >= 4 is 17.5 Å². The molecule has 0 aromatic carbocycles. The zero-order chi connectivity index (χ0) is 23.4. The summed E-state index contributed by atoms with van der Waals surface area (Å²) in [7, 11) is 1.87. The molecule has 0 radical (unpaired) electrons. The quantitative estimate of drug-likeness (QED) is 0.521. The Kier molecular flexibility index (Phi) is 6.71. The van der Waals surface area contributed by atoms with Crippen LogP contribution in [-0.2, 0) is 11.2 Å². The maximum atomic E-state index is 14.5. The first kappa shape index (κ1) is 22.5. The molecule has 10 heteroatoms. The van der Waals surface area contributed by atoms with E-state index in [2.05, 4.69) is 24.8 Å². The van der Waals surface area contributed by atoms with Crippen molar-refractivity contribution in [3.63, 3.8) is 0 Å². The summed E-state index contributed by atoms with van der Waals surface area (Å²) in [5.74, 6) is 1.46. The van der Waals surface area contributed by atoms with E-state index in [4.69, 9.17) is 10.7 Å². The topological polar surface area (TPSA) is 114 Å². The average Bonchev–Trinajstić information content (AvgIpc) is 2.81. The Balaban J connectivity index is 1.51. The van der Waals surface area contributed by atoms with Crippen molar-refractivity contribution in [2.45, 2.75) is 38.6 Å². The van der Waals surface area contributed by atoms with Gasteiger partial charge >= 0.3 is 0 Å². The van der Waals surface area contributed by atoms with Gasteiger partial charge in [0, 0.05) is 69.3 Å². The minimum Gasteiger partial charge on any atom is -0.370 e. The zero-order valence-corrected chi connectivity index (χ0v) is 18.8. The Hall–Kier alpha value is -3.69. The molecular formula is C23H27FN8O. The molecule has 1 unspecified atom stereocenters. The van der Waals surface area contributed by atoms with E-state index in [9.17, 15) is 9.18 Å². The molecule has 0 fully saturated rings. The van der Waals surface area contributed by atoms with Gasteiger partial charge in [0.15, 0.2) is 11.6 Å². The van der Waals surface area contributed by atoms with Crippen LogP contribution in [0.1, 0.15) is 43.5 Å². The number of anilines is 2. The highest BCUT2D eigenvalue weighted by molar-refractivity contribution is 5.73. The van der Waals surface area contributed by atoms with Gasteiger partial charge in [-0.05, 0) is 25.8 Å². The van der Waals surface area contributed by atoms with E-state index in [1.165, 1.54) is 12.1 Å². The number of amides is 1. The first-order valence-electron chi connectivity index (χ1n) is 11.0. The number of aromatic nitrogens is 5. The number of rotatable bonds is 8. The molecule has 0 saturated heterocycles. The first-order chi connectivity index (χ1) is 15.9. The Morgan fingerprint density at radius 1 is 1.18 bits per heavy atom. The smallest absolute Gasteiger partial charge is 0.217 e. The first-order valence-corrected chi connectivity index (χ1v) is 11.0. The molecule has 4 rings (SSSR count). The number of halogens is 1. The number of unbranched alkanes of at least 4 members (excludes halogenated alkanes) is 1. The van der Waals surface area contributed by atoms with Crippen molar-refractivity contribution in [2.24, 2.45) is 5.73 Å². The van der Waals surface area contributed by atoms with Gasteiger partial charge in [0.05, 0.1) is 11.7 Å². The maximum Gasteiger partial charge on any atom is 0.217 e. The summed E-state index contributed by atoms with van der Waals surface area (Å²) in [6.45, 7) is 3.35. The van der Waals surface area contributed by atoms with Gasteiger partial charge in [-0.1, -0.05) is 0 Å². The fraction of sp³-hybridized carbons (Fsp3) is 0.391. The lowest BCUT2D eigenvalue weighted by atomic mass is 9.99. The Labute approximate surface area is 191 Å². The van der Waals surface area contributed by atoms with Crippen LogP contribution in [0.25, 0.3) is 11.6 Å². The van der Waals surface area contributed by atoms with Gasteiger partial charge in [0.2, 0.25) is 5.91 Å². The normalized spacial score (nSPS) is 15.2. The van der Waals surface area contributed by atoms with E-state index in [0.29, 0.717) is 55.6 Å². The third-order valence-corrected chi connectivity index (χ3v) is 5.79. The van der Waals surface area contributed by atoms with Gasteiger partial charge in [-0.2, -0.15) is 0 Å². The zero-order valence-electron chi connectivity index (χ0n) is 18.8. The van der Waals surface area contributed by atoms with E-state index >= 15 is 0 Å². The second kappa shape index (κ2) is 9.85. The fourth-order valence-corrected chi connectivity index (χ4v) is 3.97. The van der Waals surface area contributed by atoms with Crippen LogP contribution < -0.4 is 15.5 Å². The molecule has 1 aliphatic rings. The minimum absolute atomic E-state index is 0.0671. The molecule has 1 amide bonds. The average molecular weight is 451 g/mol. The van der Waals surface area contributed by atoms with Crippen molar-refractivity contribution in [2.75, 3.05) is 29.9 Å². The molecule has 33 heavy (non-hydrogen) atoms. The molecule has 0 spiro atoms. The van der Waals surface area contributed by atoms with Crippen LogP contribution in [-0.4, -0.2) is 51.0 Å². The van der Waals surface area contributed by atoms with E-state index in [1.807, 2.05) is 18.9 Å². The number of hydrogen-bond acceptors (Lipinski definition) is 8. The Morgan fingerprint density at radius 2 is 1.97 bits per heavy atom. The number of fused-ring (bicyclic) bond motifs is 1. The number of nitrogens with two attached hydrogens (primary N) is 1. The molecule has 3 aromatic rings. The van der Waals surface area contributed by atoms with Gasteiger partial charge in [0.25, 0.3) is 0 Å². The summed E-state index contributed by atoms with van der Waals surface area (Å²) in [5, 5.41) is 0. The van der Waals surface area contributed by atoms with Crippen LogP contribution in [0.3, 0.4) is 0 Å². The number of primary amides is 1. The summed E-state index contributed by atoms with van der Waals surface area (Å²) in [5.41, 5.74) is 7.12. The summed E-state index contributed by atoms with van der Waals surface area (Å²) in [6, 6.07) is 4.57. The van der Waals surface area contributed by atoms with Crippen LogP contribution in [0, 0.1) is 5.82 Å². The standard InChI is InChI=1S/C23H27FN8O/c1-15-17-14-28-23(22-26-8-5-9-27-22)29-18(17)7-11-32(15)21-13-16(24)12-20(30-21)31(2)10-4-3-6-19(25)33/h5,8-9,12-15H,3-4,6-7,10-11H2,1-2H3,(H2,25,33). The van der Waals surface area contributed by atoms with Crippen molar-refractivity contribution in [3.05, 3.63) is 53.9 Å². The van der Waals surface area contributed by atoms with Gasteiger partial charge < -0.3 is 15.5 Å². The van der Waals surface area contributed by atoms with Crippen LogP contribution in [0.15, 0.2) is 36.8 Å². The molecule has 0 saturated carbocycles. The largest absolute Gasteiger partial charge is 0.370 e. The minimum atomic E-state index is -0.343. The van der Waals surface area contributed by atoms with E-state index in [0.717, 1.165) is 17.7 Å². The maximum absolute atomic E-state index is 14.5. The van der Waals surface area contributed by atoms with Crippen molar-refractivity contribution < 1.29 is 9.18 Å². The van der Waals surface area contributed by atoms with Crippen LogP contribution in [0.2, 0.25) is 0 Å². The highest BCUT2D eigenvalue weighted by Gasteiger charge is 2.28. The fourth-order valence-electron chi connectivity index (χ4n) is 3.97. The summed E-state index contributed by atoms with van der Waals surface area (Å²) >= 11 is 0. The van der Waals surface area contributed by atoms with Crippen molar-refractivity contribution in [1.82, 2.24) is 24.9 Å². The molecule has 0 aliphatic carbocycles. The number of pyridine rings is 1. The lowest BCUT2D eigenvalue weighted by molar-refractivity contribution is -0.118. The van der Waals surface area contributed by atoms with Gasteiger partial charge in [-0.3, -0.25) is 4.79 Å². The number of nitrogens with zero attached hydrogens (tertiary/aromatic N) is 7. The van der Waals surface area contributed by atoms with Gasteiger partial charge in [0.1, 0.15) is 17.5 Å². The highest BCUT2D eigenvalue weighted by atomic mass is 19.1. The van der Waals surface area contributed by atoms with Crippen LogP contribution in [0.4, 0.5) is 16.0 Å². The van der Waals surface area contributed by atoms with E-state index in [-0.39, 0.29) is 17.8 Å². The number of carbonyl (C=O) groups is 1. The molecular weight excluding hydrogens is 423 g/mol. The SMILES string of the molecule is CC1c2cnc(-c3ncccn3)nc2CCN1c1cc(F)cc(N(C)CCCCC(N)=O)n1. The number of carbonyl (C=O) groups excluding carboxylic acids is 1. The van der Waals surface area contributed by atoms with E-state index < -0.39 is 0 Å². The van der Waals surface area contributed by atoms with Crippen LogP contribution in [0.5, 0.6) is 0 Å². The Bertz CT molecular complexity index is 1130. The molecule has 4 heterocycles. The summed E-state index contributed by atoms with van der Waals surface area (Å²) in [6.07, 6.45) is 7.62. The molecule has 3 aromatic heterocycles. The lowest BCUT2D eigenvalue weighted by Crippen LogP contribution is -2.35. The Morgan fingerprint density at radius 3 is 2.73 bits per heavy atom. The molecule has 0 bridgehead atoms. The highest BCUT2D eigenvalue weighted by Crippen LogP contribution is 2.33. The summed E-state index contributed by atoms with van der Waals surface area (Å²) in [4.78, 5) is 37.2.